The van der Waals surface area contributed by atoms with Gasteiger partial charge in [-0.05, 0) is 103 Å². The third kappa shape index (κ3) is 5.01. The predicted molar refractivity (Wildman–Crippen MR) is 178 cm³/mol. The molecule has 1 amide bonds. The molecule has 0 aromatic heterocycles. The first kappa shape index (κ1) is 36.2. The molecule has 1 saturated heterocycles. The summed E-state index contributed by atoms with van der Waals surface area (Å²) in [7, 11) is 0. The number of carboxylic acids is 1. The standard InChI is InChI=1S/C38H61NO9/c1-20(41)39-28-30(44)29(43)23(19-40)47-31(28)48-27-12-13-35(6)24(34(27,4)5)11-14-36(7)25(35)10-9-21-22-17-33(2,3)15-16-38(22,32(45)46)26(42)18-37(21,36)8/h9,22-31,40,42-44H,10-19H2,1-8H3,(H,39,41)(H,45,46)/t22-,23+,24-,25-,26+,27-,28+,29-,30-,31-,35-,36-,37+,38-/m1/s1. The summed E-state index contributed by atoms with van der Waals surface area (Å²) in [6.07, 6.45) is 3.42. The topological polar surface area (TPSA) is 166 Å². The van der Waals surface area contributed by atoms with Crippen molar-refractivity contribution in [3.8, 4) is 0 Å². The summed E-state index contributed by atoms with van der Waals surface area (Å²) < 4.78 is 12.7. The Kier molecular flexibility index (Phi) is 8.86. The first-order chi connectivity index (χ1) is 22.2. The molecular weight excluding hydrogens is 614 g/mol. The number of hydrogen-bond acceptors (Lipinski definition) is 8. The Morgan fingerprint density at radius 2 is 1.62 bits per heavy atom. The van der Waals surface area contributed by atoms with Crippen LogP contribution in [0.5, 0.6) is 0 Å². The van der Waals surface area contributed by atoms with Gasteiger partial charge in [0.05, 0.1) is 18.8 Å². The molecule has 0 unspecified atom stereocenters. The molecule has 6 aliphatic rings. The number of amides is 1. The normalized spacial score (nSPS) is 50.9. The Bertz CT molecular complexity index is 1330. The molecule has 6 N–H and O–H groups in total. The molecule has 272 valence electrons. The summed E-state index contributed by atoms with van der Waals surface area (Å²) in [6, 6.07) is -0.985. The monoisotopic (exact) mass is 675 g/mol. The second-order valence-electron chi connectivity index (χ2n) is 18.7. The number of carboxylic acid groups (broad SMARTS) is 1. The zero-order valence-corrected chi connectivity index (χ0v) is 30.3. The van der Waals surface area contributed by atoms with E-state index in [0.29, 0.717) is 18.8 Å². The van der Waals surface area contributed by atoms with Crippen molar-refractivity contribution < 1.29 is 44.6 Å². The van der Waals surface area contributed by atoms with E-state index in [1.807, 2.05) is 0 Å². The average molecular weight is 676 g/mol. The number of carbonyl (C=O) groups excluding carboxylic acids is 1. The number of aliphatic hydroxyl groups excluding tert-OH is 4. The van der Waals surface area contributed by atoms with Crippen LogP contribution in [0.2, 0.25) is 0 Å². The number of nitrogens with one attached hydrogen (secondary N) is 1. The quantitative estimate of drug-likeness (QED) is 0.185. The molecule has 48 heavy (non-hydrogen) atoms. The molecule has 10 heteroatoms. The van der Waals surface area contributed by atoms with E-state index in [0.717, 1.165) is 44.9 Å². The molecule has 1 heterocycles. The maximum Gasteiger partial charge on any atom is 0.312 e. The minimum Gasteiger partial charge on any atom is -0.481 e. The van der Waals surface area contributed by atoms with Crippen LogP contribution in [-0.4, -0.2) is 86.9 Å². The van der Waals surface area contributed by atoms with Crippen molar-refractivity contribution in [2.75, 3.05) is 6.61 Å². The summed E-state index contributed by atoms with van der Waals surface area (Å²) >= 11 is 0. The highest BCUT2D eigenvalue weighted by Gasteiger charge is 2.71. The average Bonchev–Trinajstić information content (AvgIpc) is 2.97. The summed E-state index contributed by atoms with van der Waals surface area (Å²) in [5, 5.41) is 56.6. The number of hydrogen-bond donors (Lipinski definition) is 6. The number of aliphatic carboxylic acids is 1. The molecule has 10 nitrogen and oxygen atoms in total. The summed E-state index contributed by atoms with van der Waals surface area (Å²) in [6.45, 7) is 17.0. The maximum atomic E-state index is 13.0. The van der Waals surface area contributed by atoms with Crippen LogP contribution in [0, 0.1) is 50.2 Å². The van der Waals surface area contributed by atoms with E-state index in [9.17, 15) is 35.1 Å². The van der Waals surface area contributed by atoms with Crippen molar-refractivity contribution in [1.29, 1.82) is 0 Å². The van der Waals surface area contributed by atoms with E-state index in [1.165, 1.54) is 12.5 Å². The summed E-state index contributed by atoms with van der Waals surface area (Å²) in [5.41, 5.74) is -0.648. The fraction of sp³-hybridized carbons (Fsp3) is 0.895. The lowest BCUT2D eigenvalue weighted by Crippen LogP contribution is -2.68. The zero-order valence-electron chi connectivity index (χ0n) is 30.3. The first-order valence-electron chi connectivity index (χ1n) is 18.4. The molecule has 0 spiro atoms. The van der Waals surface area contributed by atoms with Gasteiger partial charge < -0.3 is 40.3 Å². The van der Waals surface area contributed by atoms with Gasteiger partial charge in [0.1, 0.15) is 29.8 Å². The second kappa shape index (κ2) is 11.7. The fourth-order valence-electron chi connectivity index (χ4n) is 12.7. The number of fused-ring (bicyclic) bond motifs is 7. The molecule has 0 aromatic carbocycles. The van der Waals surface area contributed by atoms with Gasteiger partial charge in [-0.15, -0.1) is 0 Å². The number of allylic oxidation sites excluding steroid dienone is 2. The van der Waals surface area contributed by atoms with Crippen LogP contribution in [0.3, 0.4) is 0 Å². The zero-order chi connectivity index (χ0) is 35.4. The highest BCUT2D eigenvalue weighted by Crippen LogP contribution is 2.76. The Balaban J connectivity index is 1.31. The molecule has 4 saturated carbocycles. The van der Waals surface area contributed by atoms with Crippen molar-refractivity contribution in [1.82, 2.24) is 5.32 Å². The SMILES string of the molecule is CC(=O)N[C@@H]1[C@@H](O[C@@H]2CC[C@]3(C)[C@H](CC[C@]4(C)[C@@H]3CC=C3[C@H]5CC(C)(C)CC[C@]5(C(=O)O)[C@@H](O)C[C@@]34C)C2(C)C)O[C@@H](CO)[C@@H](O)[C@@H]1O. The molecule has 5 aliphatic carbocycles. The molecule has 0 bridgehead atoms. The lowest BCUT2D eigenvalue weighted by molar-refractivity contribution is -0.307. The molecule has 1 aliphatic heterocycles. The highest BCUT2D eigenvalue weighted by molar-refractivity contribution is 5.77. The van der Waals surface area contributed by atoms with Crippen LogP contribution in [-0.2, 0) is 19.1 Å². The highest BCUT2D eigenvalue weighted by atomic mass is 16.7. The summed E-state index contributed by atoms with van der Waals surface area (Å²) in [4.78, 5) is 25.1. The van der Waals surface area contributed by atoms with E-state index in [2.05, 4.69) is 59.9 Å². The second-order valence-corrected chi connectivity index (χ2v) is 18.7. The molecule has 5 fully saturated rings. The van der Waals surface area contributed by atoms with E-state index in [4.69, 9.17) is 9.47 Å². The molecule has 14 atom stereocenters. The third-order valence-electron chi connectivity index (χ3n) is 15.6. The van der Waals surface area contributed by atoms with Gasteiger partial charge in [0.15, 0.2) is 6.29 Å². The van der Waals surface area contributed by atoms with E-state index >= 15 is 0 Å². The van der Waals surface area contributed by atoms with E-state index in [1.54, 1.807) is 0 Å². The van der Waals surface area contributed by atoms with Crippen molar-refractivity contribution in [2.24, 2.45) is 50.2 Å². The number of aliphatic hydroxyl groups is 4. The van der Waals surface area contributed by atoms with E-state index < -0.39 is 54.7 Å². The number of carbonyl (C=O) groups is 2. The van der Waals surface area contributed by atoms with E-state index in [-0.39, 0.29) is 50.9 Å². The number of ether oxygens (including phenoxy) is 2. The van der Waals surface area contributed by atoms with Crippen molar-refractivity contribution in [2.45, 2.75) is 156 Å². The lowest BCUT2D eigenvalue weighted by atomic mass is 9.33. The molecule has 0 aromatic rings. The Labute approximate surface area is 286 Å². The van der Waals surface area contributed by atoms with Crippen LogP contribution in [0.15, 0.2) is 11.6 Å². The van der Waals surface area contributed by atoms with Crippen LogP contribution >= 0.6 is 0 Å². The largest absolute Gasteiger partial charge is 0.481 e. The minimum atomic E-state index is -1.37. The summed E-state index contributed by atoms with van der Waals surface area (Å²) in [5.74, 6) is -0.798. The fourth-order valence-corrected chi connectivity index (χ4v) is 12.7. The Morgan fingerprint density at radius 3 is 2.25 bits per heavy atom. The number of rotatable bonds is 5. The third-order valence-corrected chi connectivity index (χ3v) is 15.6. The Hall–Kier alpha value is -1.56. The van der Waals surface area contributed by atoms with Crippen molar-refractivity contribution >= 4 is 11.9 Å². The van der Waals surface area contributed by atoms with Gasteiger partial charge in [-0.2, -0.15) is 0 Å². The maximum absolute atomic E-state index is 13.0. The van der Waals surface area contributed by atoms with Crippen LogP contribution in [0.1, 0.15) is 113 Å². The van der Waals surface area contributed by atoms with Crippen molar-refractivity contribution in [3.63, 3.8) is 0 Å². The predicted octanol–water partition coefficient (Wildman–Crippen LogP) is 4.17. The molecule has 6 rings (SSSR count). The van der Waals surface area contributed by atoms with Gasteiger partial charge in [-0.25, -0.2) is 0 Å². The lowest BCUT2D eigenvalue weighted by Gasteiger charge is -2.71. The van der Waals surface area contributed by atoms with Gasteiger partial charge >= 0.3 is 5.97 Å². The Morgan fingerprint density at radius 1 is 0.938 bits per heavy atom. The van der Waals surface area contributed by atoms with Gasteiger partial charge in [-0.1, -0.05) is 60.1 Å². The first-order valence-corrected chi connectivity index (χ1v) is 18.4. The van der Waals surface area contributed by atoms with Crippen LogP contribution in [0.4, 0.5) is 0 Å². The molecule has 0 radical (unpaired) electrons. The minimum absolute atomic E-state index is 0.0124. The molecular formula is C38H61NO9. The smallest absolute Gasteiger partial charge is 0.312 e. The van der Waals surface area contributed by atoms with Crippen LogP contribution < -0.4 is 5.32 Å². The van der Waals surface area contributed by atoms with Gasteiger partial charge in [0, 0.05) is 6.92 Å². The van der Waals surface area contributed by atoms with Crippen molar-refractivity contribution in [3.05, 3.63) is 11.6 Å². The van der Waals surface area contributed by atoms with Gasteiger partial charge in [0.25, 0.3) is 0 Å². The van der Waals surface area contributed by atoms with Gasteiger partial charge in [-0.3, -0.25) is 9.59 Å². The van der Waals surface area contributed by atoms with Crippen LogP contribution in [0.25, 0.3) is 0 Å². The van der Waals surface area contributed by atoms with Gasteiger partial charge in [0.2, 0.25) is 5.91 Å².